The number of aryl methyl sites for hydroxylation is 1. The van der Waals surface area contributed by atoms with Crippen LogP contribution in [-0.4, -0.2) is 43.3 Å². The van der Waals surface area contributed by atoms with Gasteiger partial charge in [-0.05, 0) is 24.1 Å². The number of esters is 1. The maximum Gasteiger partial charge on any atom is 0.330 e. The third-order valence-electron chi connectivity index (χ3n) is 2.71. The number of carbonyl (C=O) groups excluding carboxylic acids is 2. The standard InChI is InChI=1S/C14H19NO5/c1-3-10-4-6-11(7-5-10)20-9-13(17)15-12(8-16)14(18)19-2/h4-7,12,16H,3,8-9H2,1-2H3,(H,15,17)/t12-/m0/s1. The van der Waals surface area contributed by atoms with Crippen LogP contribution in [0.5, 0.6) is 5.75 Å². The molecule has 0 bridgehead atoms. The zero-order valence-corrected chi connectivity index (χ0v) is 11.6. The van der Waals surface area contributed by atoms with Crippen molar-refractivity contribution < 1.29 is 24.2 Å². The SMILES string of the molecule is CCc1ccc(OCC(=O)N[C@@H](CO)C(=O)OC)cc1. The van der Waals surface area contributed by atoms with Crippen LogP contribution >= 0.6 is 0 Å². The van der Waals surface area contributed by atoms with Gasteiger partial charge in [-0.3, -0.25) is 4.79 Å². The molecule has 1 atom stereocenters. The molecule has 0 radical (unpaired) electrons. The molecule has 0 saturated carbocycles. The summed E-state index contributed by atoms with van der Waals surface area (Å²) in [5, 5.41) is 11.3. The number of hydrogen-bond acceptors (Lipinski definition) is 5. The molecule has 0 aliphatic carbocycles. The molecule has 1 aromatic carbocycles. The fourth-order valence-corrected chi connectivity index (χ4v) is 1.53. The Balaban J connectivity index is 2.43. The van der Waals surface area contributed by atoms with Crippen molar-refractivity contribution >= 4 is 11.9 Å². The first-order chi connectivity index (χ1) is 9.60. The molecule has 0 spiro atoms. The Bertz CT molecular complexity index is 443. The fourth-order valence-electron chi connectivity index (χ4n) is 1.53. The van der Waals surface area contributed by atoms with Crippen LogP contribution in [-0.2, 0) is 20.7 Å². The second-order valence-electron chi connectivity index (χ2n) is 4.11. The third-order valence-corrected chi connectivity index (χ3v) is 2.71. The zero-order valence-electron chi connectivity index (χ0n) is 11.6. The lowest BCUT2D eigenvalue weighted by Crippen LogP contribution is -2.45. The van der Waals surface area contributed by atoms with E-state index in [1.807, 2.05) is 19.1 Å². The number of ether oxygens (including phenoxy) is 2. The summed E-state index contributed by atoms with van der Waals surface area (Å²) in [5.41, 5.74) is 1.17. The van der Waals surface area contributed by atoms with Gasteiger partial charge in [-0.1, -0.05) is 19.1 Å². The molecule has 0 fully saturated rings. The lowest BCUT2D eigenvalue weighted by molar-refractivity contribution is -0.146. The predicted octanol–water partition coefficient (Wildman–Crippen LogP) is 0.278. The highest BCUT2D eigenvalue weighted by molar-refractivity contribution is 5.85. The van der Waals surface area contributed by atoms with Crippen molar-refractivity contribution in [1.82, 2.24) is 5.32 Å². The van der Waals surface area contributed by atoms with E-state index in [9.17, 15) is 9.59 Å². The number of nitrogens with one attached hydrogen (secondary N) is 1. The van der Waals surface area contributed by atoms with Crippen LogP contribution in [0.15, 0.2) is 24.3 Å². The molecule has 6 nitrogen and oxygen atoms in total. The number of hydrogen-bond donors (Lipinski definition) is 2. The van der Waals surface area contributed by atoms with Gasteiger partial charge in [0, 0.05) is 0 Å². The number of methoxy groups -OCH3 is 1. The van der Waals surface area contributed by atoms with Gasteiger partial charge < -0.3 is 19.9 Å². The number of benzene rings is 1. The molecular formula is C14H19NO5. The van der Waals surface area contributed by atoms with Crippen molar-refractivity contribution in [3.63, 3.8) is 0 Å². The van der Waals surface area contributed by atoms with Gasteiger partial charge in [0.25, 0.3) is 5.91 Å². The first kappa shape index (κ1) is 16.0. The van der Waals surface area contributed by atoms with Gasteiger partial charge >= 0.3 is 5.97 Å². The van der Waals surface area contributed by atoms with Crippen molar-refractivity contribution in [3.8, 4) is 5.75 Å². The van der Waals surface area contributed by atoms with E-state index in [1.165, 1.54) is 12.7 Å². The summed E-state index contributed by atoms with van der Waals surface area (Å²) in [7, 11) is 1.18. The van der Waals surface area contributed by atoms with E-state index >= 15 is 0 Å². The van der Waals surface area contributed by atoms with Crippen LogP contribution in [0, 0.1) is 0 Å². The Kier molecular flexibility index (Phi) is 6.52. The molecule has 0 saturated heterocycles. The highest BCUT2D eigenvalue weighted by Crippen LogP contribution is 2.12. The molecule has 1 rings (SSSR count). The van der Waals surface area contributed by atoms with Crippen LogP contribution in [0.4, 0.5) is 0 Å². The lowest BCUT2D eigenvalue weighted by atomic mass is 10.2. The molecule has 1 aromatic rings. The predicted molar refractivity (Wildman–Crippen MR) is 72.3 cm³/mol. The number of aliphatic hydroxyl groups excluding tert-OH is 1. The average Bonchev–Trinajstić information content (AvgIpc) is 2.50. The minimum absolute atomic E-state index is 0.237. The van der Waals surface area contributed by atoms with E-state index in [-0.39, 0.29) is 6.61 Å². The van der Waals surface area contributed by atoms with E-state index in [4.69, 9.17) is 9.84 Å². The van der Waals surface area contributed by atoms with Gasteiger partial charge in [-0.2, -0.15) is 0 Å². The highest BCUT2D eigenvalue weighted by Gasteiger charge is 2.20. The van der Waals surface area contributed by atoms with Gasteiger partial charge in [0.1, 0.15) is 5.75 Å². The number of aliphatic hydroxyl groups is 1. The van der Waals surface area contributed by atoms with Gasteiger partial charge in [0.2, 0.25) is 0 Å². The maximum atomic E-state index is 11.6. The van der Waals surface area contributed by atoms with Gasteiger partial charge in [-0.25, -0.2) is 4.79 Å². The van der Waals surface area contributed by atoms with E-state index in [1.54, 1.807) is 12.1 Å². The number of carbonyl (C=O) groups is 2. The number of rotatable bonds is 7. The number of amides is 1. The van der Waals surface area contributed by atoms with Crippen LogP contribution in [0.1, 0.15) is 12.5 Å². The van der Waals surface area contributed by atoms with Crippen molar-refractivity contribution in [3.05, 3.63) is 29.8 Å². The van der Waals surface area contributed by atoms with E-state index in [2.05, 4.69) is 10.1 Å². The quantitative estimate of drug-likeness (QED) is 0.701. The average molecular weight is 281 g/mol. The molecule has 20 heavy (non-hydrogen) atoms. The lowest BCUT2D eigenvalue weighted by Gasteiger charge is -2.14. The summed E-state index contributed by atoms with van der Waals surface area (Å²) in [4.78, 5) is 22.8. The molecule has 1 amide bonds. The summed E-state index contributed by atoms with van der Waals surface area (Å²) in [6, 6.07) is 6.31. The van der Waals surface area contributed by atoms with Crippen LogP contribution in [0.3, 0.4) is 0 Å². The van der Waals surface area contributed by atoms with Crippen LogP contribution in [0.2, 0.25) is 0 Å². The Morgan fingerprint density at radius 1 is 1.30 bits per heavy atom. The van der Waals surface area contributed by atoms with Crippen molar-refractivity contribution in [2.45, 2.75) is 19.4 Å². The first-order valence-electron chi connectivity index (χ1n) is 6.30. The molecule has 0 heterocycles. The van der Waals surface area contributed by atoms with Gasteiger partial charge in [-0.15, -0.1) is 0 Å². The second kappa shape index (κ2) is 8.16. The Labute approximate surface area is 117 Å². The minimum Gasteiger partial charge on any atom is -0.484 e. The highest BCUT2D eigenvalue weighted by atomic mass is 16.5. The maximum absolute atomic E-state index is 11.6. The summed E-state index contributed by atoms with van der Waals surface area (Å²) in [5.74, 6) is -0.641. The summed E-state index contributed by atoms with van der Waals surface area (Å²) >= 11 is 0. The Morgan fingerprint density at radius 3 is 2.45 bits per heavy atom. The molecule has 2 N–H and O–H groups in total. The van der Waals surface area contributed by atoms with E-state index in [0.29, 0.717) is 5.75 Å². The molecular weight excluding hydrogens is 262 g/mol. The molecule has 110 valence electrons. The molecule has 6 heteroatoms. The Hall–Kier alpha value is -2.08. The monoisotopic (exact) mass is 281 g/mol. The summed E-state index contributed by atoms with van der Waals surface area (Å²) in [6.07, 6.45) is 0.929. The van der Waals surface area contributed by atoms with E-state index in [0.717, 1.165) is 6.42 Å². The largest absolute Gasteiger partial charge is 0.484 e. The summed E-state index contributed by atoms with van der Waals surface area (Å²) < 4.78 is 9.72. The van der Waals surface area contributed by atoms with Crippen LogP contribution in [0.25, 0.3) is 0 Å². The smallest absolute Gasteiger partial charge is 0.330 e. The first-order valence-corrected chi connectivity index (χ1v) is 6.30. The topological polar surface area (TPSA) is 84.9 Å². The normalized spacial score (nSPS) is 11.6. The van der Waals surface area contributed by atoms with Crippen LogP contribution < -0.4 is 10.1 Å². The van der Waals surface area contributed by atoms with Crippen molar-refractivity contribution in [1.29, 1.82) is 0 Å². The molecule has 0 unspecified atom stereocenters. The van der Waals surface area contributed by atoms with Gasteiger partial charge in [0.15, 0.2) is 12.6 Å². The zero-order chi connectivity index (χ0) is 15.0. The molecule has 0 aliphatic heterocycles. The third kappa shape index (κ3) is 4.89. The van der Waals surface area contributed by atoms with Crippen molar-refractivity contribution in [2.24, 2.45) is 0 Å². The molecule has 0 aliphatic rings. The van der Waals surface area contributed by atoms with Gasteiger partial charge in [0.05, 0.1) is 13.7 Å². The second-order valence-corrected chi connectivity index (χ2v) is 4.11. The van der Waals surface area contributed by atoms with Crippen molar-refractivity contribution in [2.75, 3.05) is 20.3 Å². The fraction of sp³-hybridized carbons (Fsp3) is 0.429. The molecule has 0 aromatic heterocycles. The minimum atomic E-state index is -1.07. The van der Waals surface area contributed by atoms with E-state index < -0.39 is 24.5 Å². The summed E-state index contributed by atoms with van der Waals surface area (Å²) in [6.45, 7) is 1.29. The Morgan fingerprint density at radius 2 is 1.95 bits per heavy atom.